The van der Waals surface area contributed by atoms with Gasteiger partial charge in [0.05, 0.1) is 12.0 Å². The zero-order valence-corrected chi connectivity index (χ0v) is 19.6. The van der Waals surface area contributed by atoms with Gasteiger partial charge in [0, 0.05) is 40.9 Å². The van der Waals surface area contributed by atoms with Crippen molar-refractivity contribution in [2.24, 2.45) is 0 Å². The van der Waals surface area contributed by atoms with Crippen molar-refractivity contribution in [3.63, 3.8) is 0 Å². The predicted molar refractivity (Wildman–Crippen MR) is 128 cm³/mol. The van der Waals surface area contributed by atoms with Crippen LogP contribution < -0.4 is 21.3 Å². The molecule has 10 heteroatoms. The number of amides is 1. The average molecular weight is 498 g/mol. The number of nitrogens with one attached hydrogen (secondary N) is 2. The van der Waals surface area contributed by atoms with Gasteiger partial charge in [-0.05, 0) is 30.7 Å². The monoisotopic (exact) mass is 497 g/mol. The molecule has 2 aliphatic rings. The average Bonchev–Trinajstić information content (AvgIpc) is 3.21. The highest BCUT2D eigenvalue weighted by molar-refractivity contribution is 6.30. The lowest BCUT2D eigenvalue weighted by Crippen LogP contribution is -2.40. The zero-order chi connectivity index (χ0) is 24.7. The molecule has 9 nitrogen and oxygen atoms in total. The molecule has 1 aromatic heterocycles. The van der Waals surface area contributed by atoms with Crippen molar-refractivity contribution in [3.05, 3.63) is 91.2 Å². The molecule has 1 amide bonds. The van der Waals surface area contributed by atoms with Crippen LogP contribution in [-0.2, 0) is 16.0 Å². The number of hydrogen-bond acceptors (Lipinski definition) is 6. The fourth-order valence-corrected chi connectivity index (χ4v) is 4.76. The molecule has 35 heavy (non-hydrogen) atoms. The Morgan fingerprint density at radius 3 is 2.77 bits per heavy atom. The molecule has 1 unspecified atom stereocenters. The second kappa shape index (κ2) is 9.33. The summed E-state index contributed by atoms with van der Waals surface area (Å²) in [4.78, 5) is 39.8. The highest BCUT2D eigenvalue weighted by Gasteiger charge is 2.38. The third kappa shape index (κ3) is 4.38. The van der Waals surface area contributed by atoms with E-state index >= 15 is 0 Å². The van der Waals surface area contributed by atoms with Gasteiger partial charge in [-0.2, -0.15) is 0 Å². The highest BCUT2D eigenvalue weighted by atomic mass is 35.5. The number of carbonyl (C=O) groups excluding carboxylic acids is 1. The maximum absolute atomic E-state index is 13.4. The molecule has 182 valence electrons. The van der Waals surface area contributed by atoms with Crippen LogP contribution in [0.2, 0.25) is 5.02 Å². The smallest absolute Gasteiger partial charge is 0.330 e. The number of hydrogen-bond donors (Lipinski definition) is 3. The van der Waals surface area contributed by atoms with Gasteiger partial charge in [-0.15, -0.1) is 0 Å². The molecule has 0 saturated carbocycles. The van der Waals surface area contributed by atoms with Crippen molar-refractivity contribution < 1.29 is 19.4 Å². The van der Waals surface area contributed by atoms with Crippen LogP contribution in [0, 0.1) is 0 Å². The standard InChI is InChI=1S/C25H24ClN3O6/c1-2-13-12-29(25(33)28-23(13)31)21-10-17(30)20(35-21)11-27-24(32)22-15-5-3-4-6-18(15)34-19-8-7-14(26)9-16(19)22/h3-9,12,17,20-22,30H,2,10-11H2,1H3,(H,27,32)(H,28,31,33)/t17-,20+,21+,22?/m0/s1. The Hall–Kier alpha value is -3.40. The van der Waals surface area contributed by atoms with Gasteiger partial charge in [-0.25, -0.2) is 4.79 Å². The van der Waals surface area contributed by atoms with Crippen molar-refractivity contribution in [3.8, 4) is 11.5 Å². The van der Waals surface area contributed by atoms with E-state index in [4.69, 9.17) is 21.1 Å². The van der Waals surface area contributed by atoms with E-state index in [1.807, 2.05) is 25.1 Å². The molecule has 1 saturated heterocycles. The number of aryl methyl sites for hydroxylation is 1. The molecule has 5 rings (SSSR count). The number of halogens is 1. The Bertz CT molecular complexity index is 1400. The third-order valence-electron chi connectivity index (χ3n) is 6.41. The first-order valence-corrected chi connectivity index (χ1v) is 11.7. The van der Waals surface area contributed by atoms with Crippen molar-refractivity contribution in [1.29, 1.82) is 0 Å². The van der Waals surface area contributed by atoms with Crippen molar-refractivity contribution in [2.75, 3.05) is 6.54 Å². The van der Waals surface area contributed by atoms with Crippen LogP contribution in [0.4, 0.5) is 0 Å². The summed E-state index contributed by atoms with van der Waals surface area (Å²) in [5, 5.41) is 13.9. The first-order chi connectivity index (χ1) is 16.9. The van der Waals surface area contributed by atoms with Gasteiger partial charge in [-0.1, -0.05) is 36.7 Å². The highest BCUT2D eigenvalue weighted by Crippen LogP contribution is 2.45. The van der Waals surface area contributed by atoms with Gasteiger partial charge in [0.1, 0.15) is 23.8 Å². The molecule has 0 bridgehead atoms. The molecule has 1 fully saturated rings. The summed E-state index contributed by atoms with van der Waals surface area (Å²) in [5.74, 6) is 0.188. The number of H-pyrrole nitrogens is 1. The second-order valence-electron chi connectivity index (χ2n) is 8.61. The van der Waals surface area contributed by atoms with Crippen LogP contribution in [0.1, 0.15) is 42.2 Å². The van der Waals surface area contributed by atoms with Crippen molar-refractivity contribution in [1.82, 2.24) is 14.9 Å². The number of aromatic amines is 1. The topological polar surface area (TPSA) is 123 Å². The van der Waals surface area contributed by atoms with Gasteiger partial charge in [0.25, 0.3) is 5.56 Å². The fourth-order valence-electron chi connectivity index (χ4n) is 4.58. The van der Waals surface area contributed by atoms with Gasteiger partial charge in [-0.3, -0.25) is 19.1 Å². The summed E-state index contributed by atoms with van der Waals surface area (Å²) in [6.45, 7) is 1.84. The Labute approximate surface area is 205 Å². The van der Waals surface area contributed by atoms with Crippen LogP contribution in [0.15, 0.2) is 58.3 Å². The summed E-state index contributed by atoms with van der Waals surface area (Å²) >= 11 is 6.20. The molecular weight excluding hydrogens is 474 g/mol. The normalized spacial score (nSPS) is 22.7. The van der Waals surface area contributed by atoms with E-state index < -0.39 is 35.6 Å². The third-order valence-corrected chi connectivity index (χ3v) is 6.64. The number of aromatic nitrogens is 2. The number of nitrogens with zero attached hydrogens (tertiary/aromatic N) is 1. The number of aliphatic hydroxyl groups is 1. The summed E-state index contributed by atoms with van der Waals surface area (Å²) in [7, 11) is 0. The molecule has 0 spiro atoms. The maximum Gasteiger partial charge on any atom is 0.330 e. The minimum atomic E-state index is -0.909. The number of rotatable bonds is 5. The number of fused-ring (bicyclic) bond motifs is 2. The zero-order valence-electron chi connectivity index (χ0n) is 18.9. The lowest BCUT2D eigenvalue weighted by molar-refractivity contribution is -0.123. The lowest BCUT2D eigenvalue weighted by atomic mass is 9.87. The molecular formula is C25H24ClN3O6. The van der Waals surface area contributed by atoms with Crippen LogP contribution in [0.25, 0.3) is 0 Å². The second-order valence-corrected chi connectivity index (χ2v) is 9.04. The Morgan fingerprint density at radius 1 is 1.20 bits per heavy atom. The number of carbonyl (C=O) groups is 1. The predicted octanol–water partition coefficient (Wildman–Crippen LogP) is 2.45. The number of benzene rings is 2. The van der Waals surface area contributed by atoms with E-state index in [9.17, 15) is 19.5 Å². The summed E-state index contributed by atoms with van der Waals surface area (Å²) in [5.41, 5.74) is 0.744. The van der Waals surface area contributed by atoms with Gasteiger partial charge >= 0.3 is 5.69 Å². The molecule has 3 aromatic rings. The molecule has 4 atom stereocenters. The Balaban J connectivity index is 1.34. The largest absolute Gasteiger partial charge is 0.457 e. The molecule has 0 aliphatic carbocycles. The van der Waals surface area contributed by atoms with Gasteiger partial charge < -0.3 is 19.9 Å². The first kappa shape index (κ1) is 23.3. The molecule has 2 aliphatic heterocycles. The lowest BCUT2D eigenvalue weighted by Gasteiger charge is -2.28. The molecule has 2 aromatic carbocycles. The molecule has 3 heterocycles. The van der Waals surface area contributed by atoms with Crippen LogP contribution >= 0.6 is 11.6 Å². The minimum Gasteiger partial charge on any atom is -0.457 e. The van der Waals surface area contributed by atoms with E-state index in [2.05, 4.69) is 10.3 Å². The number of aliphatic hydroxyl groups excluding tert-OH is 1. The summed E-state index contributed by atoms with van der Waals surface area (Å²) < 4.78 is 13.1. The van der Waals surface area contributed by atoms with E-state index in [-0.39, 0.29) is 18.9 Å². The van der Waals surface area contributed by atoms with Crippen molar-refractivity contribution in [2.45, 2.75) is 44.1 Å². The SMILES string of the molecule is CCc1cn([C@H]2C[C@H](O)[C@@H](CNC(=O)C3c4ccccc4Oc4ccc(Cl)cc43)O2)c(=O)[nH]c1=O. The van der Waals surface area contributed by atoms with Crippen molar-refractivity contribution >= 4 is 17.5 Å². The Kier molecular flexibility index (Phi) is 6.22. The minimum absolute atomic E-state index is 0.0324. The van der Waals surface area contributed by atoms with E-state index in [0.717, 1.165) is 0 Å². The number of ether oxygens (including phenoxy) is 2. The maximum atomic E-state index is 13.4. The number of para-hydroxylation sites is 1. The fraction of sp³-hybridized carbons (Fsp3) is 0.320. The quantitative estimate of drug-likeness (QED) is 0.497. The van der Waals surface area contributed by atoms with Crippen LogP contribution in [0.5, 0.6) is 11.5 Å². The molecule has 3 N–H and O–H groups in total. The van der Waals surface area contributed by atoms with E-state index in [0.29, 0.717) is 39.6 Å². The summed E-state index contributed by atoms with van der Waals surface area (Å²) in [6, 6.07) is 12.4. The van der Waals surface area contributed by atoms with E-state index in [1.165, 1.54) is 10.8 Å². The first-order valence-electron chi connectivity index (χ1n) is 11.4. The Morgan fingerprint density at radius 2 is 1.97 bits per heavy atom. The van der Waals surface area contributed by atoms with Crippen LogP contribution in [-0.4, -0.2) is 39.3 Å². The van der Waals surface area contributed by atoms with E-state index in [1.54, 1.807) is 24.3 Å². The van der Waals surface area contributed by atoms with Crippen LogP contribution in [0.3, 0.4) is 0 Å². The summed E-state index contributed by atoms with van der Waals surface area (Å²) in [6.07, 6.45) is -0.352. The van der Waals surface area contributed by atoms with Gasteiger partial charge in [0.2, 0.25) is 5.91 Å². The van der Waals surface area contributed by atoms with Gasteiger partial charge in [0.15, 0.2) is 0 Å². The molecule has 0 radical (unpaired) electrons.